The van der Waals surface area contributed by atoms with Gasteiger partial charge in [-0.2, -0.15) is 0 Å². The van der Waals surface area contributed by atoms with Crippen molar-refractivity contribution in [1.29, 1.82) is 0 Å². The molecule has 0 spiro atoms. The van der Waals surface area contributed by atoms with Gasteiger partial charge in [0.2, 0.25) is 5.78 Å². The maximum Gasteiger partial charge on any atom is 0.202 e. The number of fused-ring (bicyclic) bond motifs is 1. The van der Waals surface area contributed by atoms with E-state index in [9.17, 15) is 20.1 Å². The maximum atomic E-state index is 12.4. The summed E-state index contributed by atoms with van der Waals surface area (Å²) in [6.07, 6.45) is -2.56. The van der Waals surface area contributed by atoms with Gasteiger partial charge in [-0.3, -0.25) is 4.79 Å². The van der Waals surface area contributed by atoms with E-state index < -0.39 is 23.7 Å². The third kappa shape index (κ3) is 2.59. The van der Waals surface area contributed by atoms with E-state index >= 15 is 0 Å². The first kappa shape index (κ1) is 15.9. The Kier molecular flexibility index (Phi) is 3.94. The van der Waals surface area contributed by atoms with Gasteiger partial charge in [-0.15, -0.1) is 0 Å². The summed E-state index contributed by atoms with van der Waals surface area (Å²) in [5.41, 5.74) is 0.298. The number of hydrogen-bond acceptors (Lipinski definition) is 7. The second-order valence-corrected chi connectivity index (χ2v) is 5.33. The van der Waals surface area contributed by atoms with Crippen molar-refractivity contribution in [3.63, 3.8) is 0 Å². The fraction of sp³-hybridized carbons (Fsp3) is 0.235. The number of aromatic hydroxyl groups is 2. The lowest BCUT2D eigenvalue weighted by molar-refractivity contribution is 0.0209. The third-order valence-corrected chi connectivity index (χ3v) is 3.82. The van der Waals surface area contributed by atoms with Gasteiger partial charge in [0, 0.05) is 23.8 Å². The second-order valence-electron chi connectivity index (χ2n) is 5.33. The van der Waals surface area contributed by atoms with Crippen molar-refractivity contribution in [2.75, 3.05) is 14.2 Å². The van der Waals surface area contributed by atoms with Crippen LogP contribution in [-0.4, -0.2) is 41.4 Å². The molecule has 0 unspecified atom stereocenters. The number of hydrogen-bond donors (Lipinski definition) is 3. The highest BCUT2D eigenvalue weighted by atomic mass is 16.5. The van der Waals surface area contributed by atoms with E-state index in [2.05, 4.69) is 0 Å². The maximum absolute atomic E-state index is 12.4. The monoisotopic (exact) mass is 332 g/mol. The van der Waals surface area contributed by atoms with Gasteiger partial charge in [0.25, 0.3) is 0 Å². The van der Waals surface area contributed by atoms with Crippen LogP contribution in [0, 0.1) is 0 Å². The van der Waals surface area contributed by atoms with Crippen molar-refractivity contribution in [3.05, 3.63) is 41.5 Å². The van der Waals surface area contributed by atoms with Gasteiger partial charge in [0.1, 0.15) is 34.3 Å². The molecule has 0 radical (unpaired) electrons. The van der Waals surface area contributed by atoms with E-state index in [1.807, 2.05) is 0 Å². The Morgan fingerprint density at radius 3 is 2.21 bits per heavy atom. The molecule has 0 bridgehead atoms. The van der Waals surface area contributed by atoms with Gasteiger partial charge in [-0.25, -0.2) is 0 Å². The molecule has 0 saturated carbocycles. The number of phenols is 2. The number of aliphatic hydroxyl groups excluding tert-OH is 1. The molecular weight excluding hydrogens is 316 g/mol. The van der Waals surface area contributed by atoms with E-state index in [-0.39, 0.29) is 17.1 Å². The molecule has 1 aliphatic rings. The summed E-state index contributed by atoms with van der Waals surface area (Å²) < 4.78 is 16.0. The SMILES string of the molecule is COc1cc(OC)cc([C@@H]2Oc3cc(O)cc(O)c3C(=O)[C@H]2O)c1. The van der Waals surface area contributed by atoms with Crippen LogP contribution in [0.3, 0.4) is 0 Å². The number of methoxy groups -OCH3 is 2. The van der Waals surface area contributed by atoms with E-state index in [0.717, 1.165) is 6.07 Å². The third-order valence-electron chi connectivity index (χ3n) is 3.82. The summed E-state index contributed by atoms with van der Waals surface area (Å²) in [7, 11) is 2.96. The minimum Gasteiger partial charge on any atom is -0.508 e. The van der Waals surface area contributed by atoms with E-state index in [1.54, 1.807) is 18.2 Å². The van der Waals surface area contributed by atoms with Crippen LogP contribution in [-0.2, 0) is 0 Å². The molecular formula is C17H16O7. The fourth-order valence-corrected chi connectivity index (χ4v) is 2.66. The molecule has 0 aromatic heterocycles. The topological polar surface area (TPSA) is 105 Å². The molecule has 126 valence electrons. The predicted octanol–water partition coefficient (Wildman–Crippen LogP) is 1.79. The fourth-order valence-electron chi connectivity index (χ4n) is 2.66. The lowest BCUT2D eigenvalue weighted by Gasteiger charge is -2.30. The van der Waals surface area contributed by atoms with Gasteiger partial charge in [-0.1, -0.05) is 0 Å². The van der Waals surface area contributed by atoms with Gasteiger partial charge in [-0.05, 0) is 12.1 Å². The van der Waals surface area contributed by atoms with Crippen LogP contribution in [0.25, 0.3) is 0 Å². The molecule has 2 aromatic carbocycles. The van der Waals surface area contributed by atoms with E-state index in [0.29, 0.717) is 17.1 Å². The first-order valence-electron chi connectivity index (χ1n) is 7.12. The van der Waals surface area contributed by atoms with Crippen LogP contribution in [0.4, 0.5) is 0 Å². The van der Waals surface area contributed by atoms with Crippen LogP contribution in [0.5, 0.6) is 28.7 Å². The zero-order chi connectivity index (χ0) is 17.4. The Morgan fingerprint density at radius 2 is 1.62 bits per heavy atom. The first-order chi connectivity index (χ1) is 11.4. The molecule has 0 amide bonds. The molecule has 2 atom stereocenters. The van der Waals surface area contributed by atoms with Crippen LogP contribution < -0.4 is 14.2 Å². The summed E-state index contributed by atoms with van der Waals surface area (Å²) in [6.45, 7) is 0. The second kappa shape index (κ2) is 5.93. The van der Waals surface area contributed by atoms with Gasteiger partial charge in [0.05, 0.1) is 14.2 Å². The quantitative estimate of drug-likeness (QED) is 0.787. The number of aliphatic hydroxyl groups is 1. The van der Waals surface area contributed by atoms with Crippen molar-refractivity contribution in [2.24, 2.45) is 0 Å². The zero-order valence-electron chi connectivity index (χ0n) is 13.0. The minimum absolute atomic E-state index is 0.00501. The lowest BCUT2D eigenvalue weighted by Crippen LogP contribution is -2.36. The molecule has 24 heavy (non-hydrogen) atoms. The number of ether oxygens (including phenoxy) is 3. The zero-order valence-corrected chi connectivity index (χ0v) is 13.0. The molecule has 2 aromatic rings. The summed E-state index contributed by atoms with van der Waals surface area (Å²) in [5, 5.41) is 29.8. The molecule has 0 aliphatic carbocycles. The predicted molar refractivity (Wildman–Crippen MR) is 83.0 cm³/mol. The Morgan fingerprint density at radius 1 is 1.00 bits per heavy atom. The molecule has 1 heterocycles. The van der Waals surface area contributed by atoms with Crippen molar-refractivity contribution >= 4 is 5.78 Å². The first-order valence-corrected chi connectivity index (χ1v) is 7.12. The smallest absolute Gasteiger partial charge is 0.202 e. The minimum atomic E-state index is -1.52. The highest BCUT2D eigenvalue weighted by molar-refractivity contribution is 6.05. The number of rotatable bonds is 3. The number of Topliss-reactive ketones (excluding diaryl/α,β-unsaturated/α-hetero) is 1. The Labute approximate surface area is 137 Å². The van der Waals surface area contributed by atoms with Crippen molar-refractivity contribution < 1.29 is 34.3 Å². The van der Waals surface area contributed by atoms with Crippen molar-refractivity contribution in [3.8, 4) is 28.7 Å². The van der Waals surface area contributed by atoms with Gasteiger partial charge >= 0.3 is 0 Å². The normalized spacial score (nSPS) is 19.4. The Bertz CT molecular complexity index is 778. The standard InChI is InChI=1S/C17H16O7/c1-22-10-3-8(4-11(7-10)23-2)17-16(21)15(20)14-12(19)5-9(18)6-13(14)24-17/h3-7,16-19,21H,1-2H3/t16-,17+/m1/s1. The highest BCUT2D eigenvalue weighted by Crippen LogP contribution is 2.42. The average Bonchev–Trinajstić information content (AvgIpc) is 2.56. The molecule has 7 heteroatoms. The lowest BCUT2D eigenvalue weighted by atomic mass is 9.92. The van der Waals surface area contributed by atoms with Gasteiger partial charge < -0.3 is 29.5 Å². The van der Waals surface area contributed by atoms with Crippen LogP contribution in [0.1, 0.15) is 22.0 Å². The Hall–Kier alpha value is -2.93. The summed E-state index contributed by atoms with van der Waals surface area (Å²) in [4.78, 5) is 12.4. The molecule has 0 saturated heterocycles. The molecule has 1 aliphatic heterocycles. The highest BCUT2D eigenvalue weighted by Gasteiger charge is 2.39. The molecule has 3 rings (SSSR count). The summed E-state index contributed by atoms with van der Waals surface area (Å²) >= 11 is 0. The number of carbonyl (C=O) groups is 1. The largest absolute Gasteiger partial charge is 0.508 e. The number of carbonyl (C=O) groups excluding carboxylic acids is 1. The van der Waals surface area contributed by atoms with Gasteiger partial charge in [0.15, 0.2) is 12.2 Å². The van der Waals surface area contributed by atoms with Crippen LogP contribution >= 0.6 is 0 Å². The van der Waals surface area contributed by atoms with E-state index in [1.165, 1.54) is 20.3 Å². The molecule has 3 N–H and O–H groups in total. The molecule has 0 fully saturated rings. The number of phenolic OH excluding ortho intramolecular Hbond substituents is 2. The Balaban J connectivity index is 2.08. The van der Waals surface area contributed by atoms with Crippen molar-refractivity contribution in [1.82, 2.24) is 0 Å². The summed E-state index contributed by atoms with van der Waals surface area (Å²) in [6, 6.07) is 7.09. The summed E-state index contributed by atoms with van der Waals surface area (Å²) in [5.74, 6) is -0.461. The number of benzene rings is 2. The van der Waals surface area contributed by atoms with Crippen LogP contribution in [0.15, 0.2) is 30.3 Å². The number of ketones is 1. The molecule has 7 nitrogen and oxygen atoms in total. The van der Waals surface area contributed by atoms with E-state index in [4.69, 9.17) is 14.2 Å². The average molecular weight is 332 g/mol. The van der Waals surface area contributed by atoms with Crippen molar-refractivity contribution in [2.45, 2.75) is 12.2 Å². The van der Waals surface area contributed by atoms with Crippen LogP contribution in [0.2, 0.25) is 0 Å².